The molecule has 2 N–H and O–H groups in total. The summed E-state index contributed by atoms with van der Waals surface area (Å²) in [6.45, 7) is -0.297. The van der Waals surface area contributed by atoms with Crippen LogP contribution in [0.15, 0.2) is 54.6 Å². The molecule has 0 aliphatic carbocycles. The maximum absolute atomic E-state index is 14.1. The molecule has 10 heteroatoms. The molecule has 1 heterocycles. The Morgan fingerprint density at radius 3 is 2.33 bits per heavy atom. The van der Waals surface area contributed by atoms with Gasteiger partial charge >= 0.3 is 12.1 Å². The van der Waals surface area contributed by atoms with E-state index in [1.165, 1.54) is 31.4 Å². The molecule has 0 saturated carbocycles. The lowest BCUT2D eigenvalue weighted by Gasteiger charge is -2.30. The summed E-state index contributed by atoms with van der Waals surface area (Å²) in [5, 5.41) is 4.70. The van der Waals surface area contributed by atoms with Crippen molar-refractivity contribution in [1.29, 1.82) is 0 Å². The van der Waals surface area contributed by atoms with Crippen LogP contribution in [0.5, 0.6) is 0 Å². The van der Waals surface area contributed by atoms with Gasteiger partial charge in [-0.05, 0) is 42.8 Å². The van der Waals surface area contributed by atoms with Crippen molar-refractivity contribution in [2.75, 3.05) is 32.1 Å². The molecular formula is C23H24F3N3O4. The number of methoxy groups -OCH3 is 1. The SMILES string of the molecule is COC(=O)CNC(=O)c1ccc(NC(=O)C2(C(F)(F)F)CCN(Cc3ccccc3)C2)cc1. The van der Waals surface area contributed by atoms with Gasteiger partial charge in [-0.3, -0.25) is 19.3 Å². The Labute approximate surface area is 188 Å². The van der Waals surface area contributed by atoms with Gasteiger partial charge in [-0.1, -0.05) is 30.3 Å². The summed E-state index contributed by atoms with van der Waals surface area (Å²) in [5.41, 5.74) is -1.35. The first-order valence-corrected chi connectivity index (χ1v) is 10.2. The second-order valence-electron chi connectivity index (χ2n) is 7.82. The highest BCUT2D eigenvalue weighted by Crippen LogP contribution is 2.46. The second kappa shape index (κ2) is 10.0. The molecule has 1 aliphatic rings. The molecule has 7 nitrogen and oxygen atoms in total. The lowest BCUT2D eigenvalue weighted by atomic mass is 9.85. The Morgan fingerprint density at radius 1 is 1.06 bits per heavy atom. The van der Waals surface area contributed by atoms with Crippen molar-refractivity contribution in [2.45, 2.75) is 19.1 Å². The molecule has 0 aromatic heterocycles. The topological polar surface area (TPSA) is 87.7 Å². The maximum Gasteiger partial charge on any atom is 0.404 e. The highest BCUT2D eigenvalue weighted by atomic mass is 19.4. The molecule has 0 spiro atoms. The lowest BCUT2D eigenvalue weighted by molar-refractivity contribution is -0.215. The first-order chi connectivity index (χ1) is 15.6. The largest absolute Gasteiger partial charge is 0.468 e. The van der Waals surface area contributed by atoms with Gasteiger partial charge in [0.25, 0.3) is 5.91 Å². The Hall–Kier alpha value is -3.40. The average Bonchev–Trinajstić information content (AvgIpc) is 3.24. The zero-order chi connectivity index (χ0) is 24.1. The fraction of sp³-hybridized carbons (Fsp3) is 0.348. The fourth-order valence-electron chi connectivity index (χ4n) is 3.69. The normalized spacial score (nSPS) is 18.5. The number of anilines is 1. The molecule has 1 unspecified atom stereocenters. The van der Waals surface area contributed by atoms with E-state index < -0.39 is 35.9 Å². The van der Waals surface area contributed by atoms with Crippen molar-refractivity contribution in [2.24, 2.45) is 5.41 Å². The number of alkyl halides is 3. The third-order valence-corrected chi connectivity index (χ3v) is 5.60. The number of benzene rings is 2. The number of esters is 1. The number of nitrogens with one attached hydrogen (secondary N) is 2. The summed E-state index contributed by atoms with van der Waals surface area (Å²) in [6, 6.07) is 14.5. The summed E-state index contributed by atoms with van der Waals surface area (Å²) in [7, 11) is 1.19. The molecule has 3 rings (SSSR count). The Kier molecular flexibility index (Phi) is 7.37. The smallest absolute Gasteiger partial charge is 0.404 e. The third-order valence-electron chi connectivity index (χ3n) is 5.60. The predicted molar refractivity (Wildman–Crippen MR) is 114 cm³/mol. The van der Waals surface area contributed by atoms with Gasteiger partial charge < -0.3 is 15.4 Å². The first-order valence-electron chi connectivity index (χ1n) is 10.2. The molecule has 2 aromatic carbocycles. The summed E-state index contributed by atoms with van der Waals surface area (Å²) in [6.07, 6.45) is -5.07. The van der Waals surface area contributed by atoms with E-state index in [1.807, 2.05) is 30.3 Å². The number of hydrogen-bond acceptors (Lipinski definition) is 5. The summed E-state index contributed by atoms with van der Waals surface area (Å²) in [5.74, 6) is -2.31. The number of amides is 2. The summed E-state index contributed by atoms with van der Waals surface area (Å²) < 4.78 is 46.6. The number of nitrogens with zero attached hydrogens (tertiary/aromatic N) is 1. The van der Waals surface area contributed by atoms with E-state index in [1.54, 1.807) is 4.90 Å². The van der Waals surface area contributed by atoms with Gasteiger partial charge in [-0.25, -0.2) is 0 Å². The van der Waals surface area contributed by atoms with Gasteiger partial charge in [0.2, 0.25) is 5.91 Å². The van der Waals surface area contributed by atoms with Gasteiger partial charge in [-0.15, -0.1) is 0 Å². The van der Waals surface area contributed by atoms with Crippen molar-refractivity contribution >= 4 is 23.5 Å². The number of halogens is 3. The van der Waals surface area contributed by atoms with Crippen LogP contribution in [0.1, 0.15) is 22.3 Å². The van der Waals surface area contributed by atoms with Crippen LogP contribution in [-0.4, -0.2) is 55.6 Å². The third kappa shape index (κ3) is 5.70. The minimum atomic E-state index is -4.73. The van der Waals surface area contributed by atoms with Crippen LogP contribution in [-0.2, 0) is 20.9 Å². The van der Waals surface area contributed by atoms with Gasteiger partial charge in [0, 0.05) is 24.3 Å². The zero-order valence-corrected chi connectivity index (χ0v) is 17.9. The van der Waals surface area contributed by atoms with Crippen LogP contribution in [0.25, 0.3) is 0 Å². The van der Waals surface area contributed by atoms with Crippen LogP contribution < -0.4 is 10.6 Å². The van der Waals surface area contributed by atoms with E-state index in [0.29, 0.717) is 6.54 Å². The van der Waals surface area contributed by atoms with Crippen LogP contribution >= 0.6 is 0 Å². The zero-order valence-electron chi connectivity index (χ0n) is 17.9. The van der Waals surface area contributed by atoms with E-state index >= 15 is 0 Å². The molecule has 1 atom stereocenters. The number of rotatable bonds is 7. The number of carbonyl (C=O) groups excluding carboxylic acids is 3. The van der Waals surface area contributed by atoms with E-state index in [4.69, 9.17) is 0 Å². The van der Waals surface area contributed by atoms with Gasteiger partial charge in [-0.2, -0.15) is 13.2 Å². The fourth-order valence-corrected chi connectivity index (χ4v) is 3.69. The molecule has 0 radical (unpaired) electrons. The van der Waals surface area contributed by atoms with Crippen molar-refractivity contribution in [3.63, 3.8) is 0 Å². The van der Waals surface area contributed by atoms with E-state index in [9.17, 15) is 27.6 Å². The molecule has 1 fully saturated rings. The molecule has 33 heavy (non-hydrogen) atoms. The Bertz CT molecular complexity index is 996. The van der Waals surface area contributed by atoms with Crippen LogP contribution in [0.3, 0.4) is 0 Å². The Balaban J connectivity index is 1.67. The first kappa shape index (κ1) is 24.2. The lowest BCUT2D eigenvalue weighted by Crippen LogP contribution is -2.49. The molecule has 176 valence electrons. The van der Waals surface area contributed by atoms with Crippen molar-refractivity contribution in [1.82, 2.24) is 10.2 Å². The second-order valence-corrected chi connectivity index (χ2v) is 7.82. The van der Waals surface area contributed by atoms with E-state index in [0.717, 1.165) is 5.56 Å². The van der Waals surface area contributed by atoms with Crippen molar-refractivity contribution < 1.29 is 32.3 Å². The molecule has 2 amide bonds. The summed E-state index contributed by atoms with van der Waals surface area (Å²) >= 11 is 0. The predicted octanol–water partition coefficient (Wildman–Crippen LogP) is 2.98. The monoisotopic (exact) mass is 463 g/mol. The van der Waals surface area contributed by atoms with E-state index in [-0.39, 0.29) is 30.8 Å². The van der Waals surface area contributed by atoms with Gasteiger partial charge in [0.15, 0.2) is 5.41 Å². The quantitative estimate of drug-likeness (QED) is 0.617. The van der Waals surface area contributed by atoms with Gasteiger partial charge in [0.1, 0.15) is 6.54 Å². The number of ether oxygens (including phenoxy) is 1. The van der Waals surface area contributed by atoms with Crippen LogP contribution in [0.2, 0.25) is 0 Å². The number of hydrogen-bond donors (Lipinski definition) is 2. The Morgan fingerprint density at radius 2 is 1.73 bits per heavy atom. The number of carbonyl (C=O) groups is 3. The highest BCUT2D eigenvalue weighted by molar-refractivity contribution is 5.98. The van der Waals surface area contributed by atoms with Gasteiger partial charge in [0.05, 0.1) is 7.11 Å². The average molecular weight is 463 g/mol. The van der Waals surface area contributed by atoms with E-state index in [2.05, 4.69) is 15.4 Å². The molecule has 0 bridgehead atoms. The molecular weight excluding hydrogens is 439 g/mol. The molecule has 1 aliphatic heterocycles. The van der Waals surface area contributed by atoms with Crippen molar-refractivity contribution in [3.8, 4) is 0 Å². The number of likely N-dealkylation sites (tertiary alicyclic amines) is 1. The van der Waals surface area contributed by atoms with Crippen LogP contribution in [0.4, 0.5) is 18.9 Å². The van der Waals surface area contributed by atoms with Crippen molar-refractivity contribution in [3.05, 3.63) is 65.7 Å². The van der Waals surface area contributed by atoms with Crippen LogP contribution in [0, 0.1) is 5.41 Å². The minimum Gasteiger partial charge on any atom is -0.468 e. The highest BCUT2D eigenvalue weighted by Gasteiger charge is 2.62. The molecule has 1 saturated heterocycles. The molecule has 2 aromatic rings. The minimum absolute atomic E-state index is 0.134. The maximum atomic E-state index is 14.1. The summed E-state index contributed by atoms with van der Waals surface area (Å²) in [4.78, 5) is 37.6. The standard InChI is InChI=1S/C23H24F3N3O4/c1-33-19(30)13-27-20(31)17-7-9-18(10-8-17)28-21(32)22(23(24,25)26)11-12-29(15-22)14-16-5-3-2-4-6-16/h2-10H,11-15H2,1H3,(H,27,31)(H,28,32).